The lowest BCUT2D eigenvalue weighted by atomic mass is 9.95. The van der Waals surface area contributed by atoms with Crippen LogP contribution in [0.25, 0.3) is 0 Å². The van der Waals surface area contributed by atoms with Crippen molar-refractivity contribution in [2.45, 2.75) is 44.4 Å². The van der Waals surface area contributed by atoms with Crippen LogP contribution in [0, 0.1) is 0 Å². The maximum absolute atomic E-state index is 12.3. The van der Waals surface area contributed by atoms with Crippen LogP contribution in [0.2, 0.25) is 0 Å². The van der Waals surface area contributed by atoms with E-state index in [0.29, 0.717) is 12.3 Å². The molecule has 3 N–H and O–H groups in total. The highest BCUT2D eigenvalue weighted by molar-refractivity contribution is 5.89. The zero-order valence-corrected chi connectivity index (χ0v) is 14.0. The van der Waals surface area contributed by atoms with Crippen LogP contribution in [0.5, 0.6) is 0 Å². The van der Waals surface area contributed by atoms with Gasteiger partial charge in [-0.3, -0.25) is 4.90 Å². The van der Waals surface area contributed by atoms with Crippen LogP contribution < -0.4 is 10.6 Å². The molecule has 2 fully saturated rings. The highest BCUT2D eigenvalue weighted by Crippen LogP contribution is 2.31. The smallest absolute Gasteiger partial charge is 0.319 e. The number of carbonyl (C=O) groups is 1. The van der Waals surface area contributed by atoms with Gasteiger partial charge in [-0.25, -0.2) is 4.79 Å². The lowest BCUT2D eigenvalue weighted by Gasteiger charge is -2.43. The van der Waals surface area contributed by atoms with Crippen LogP contribution in [-0.2, 0) is 9.47 Å². The number of para-hydroxylation sites is 1. The molecule has 0 aromatic heterocycles. The lowest BCUT2D eigenvalue weighted by Crippen LogP contribution is -2.65. The number of nitrogens with zero attached hydrogens (tertiary/aromatic N) is 1. The fraction of sp³-hybridized carbons (Fsp3) is 0.588. The Balaban J connectivity index is 1.68. The van der Waals surface area contributed by atoms with E-state index in [-0.39, 0.29) is 18.2 Å². The largest absolute Gasteiger partial charge is 0.389 e. The predicted molar refractivity (Wildman–Crippen MR) is 89.7 cm³/mol. The molecule has 0 aliphatic carbocycles. The molecule has 2 saturated heterocycles. The third kappa shape index (κ3) is 3.39. The second kappa shape index (κ2) is 7.48. The number of anilines is 1. The van der Waals surface area contributed by atoms with Crippen molar-refractivity contribution >= 4 is 11.7 Å². The van der Waals surface area contributed by atoms with Crippen LogP contribution in [0.4, 0.5) is 10.5 Å². The van der Waals surface area contributed by atoms with Gasteiger partial charge in [-0.15, -0.1) is 0 Å². The Bertz CT molecular complexity index is 550. The SMILES string of the molecule is CCN(CC)[C@@H]1[C@@H]2OC[C@H](O2)[C@@H](NC(=O)Nc2ccccc2)[C@@H]1O. The van der Waals surface area contributed by atoms with Gasteiger partial charge in [0.25, 0.3) is 0 Å². The van der Waals surface area contributed by atoms with Crippen LogP contribution >= 0.6 is 0 Å². The van der Waals surface area contributed by atoms with E-state index in [1.807, 2.05) is 32.0 Å². The minimum Gasteiger partial charge on any atom is -0.389 e. The normalized spacial score (nSPS) is 31.9. The van der Waals surface area contributed by atoms with Crippen LogP contribution in [0.15, 0.2) is 30.3 Å². The van der Waals surface area contributed by atoms with Gasteiger partial charge in [-0.2, -0.15) is 0 Å². The Hall–Kier alpha value is -1.67. The molecule has 0 unspecified atom stereocenters. The van der Waals surface area contributed by atoms with E-state index in [4.69, 9.17) is 9.47 Å². The molecule has 2 aliphatic heterocycles. The summed E-state index contributed by atoms with van der Waals surface area (Å²) in [5, 5.41) is 16.4. The summed E-state index contributed by atoms with van der Waals surface area (Å²) in [4.78, 5) is 14.4. The number of amides is 2. The molecular weight excluding hydrogens is 310 g/mol. The number of likely N-dealkylation sites (N-methyl/N-ethyl adjacent to an activating group) is 1. The fourth-order valence-corrected chi connectivity index (χ4v) is 3.45. The average molecular weight is 335 g/mol. The summed E-state index contributed by atoms with van der Waals surface area (Å²) < 4.78 is 11.5. The molecule has 0 spiro atoms. The minimum atomic E-state index is -0.752. The number of benzene rings is 1. The van der Waals surface area contributed by atoms with Crippen LogP contribution in [-0.4, -0.2) is 66.3 Å². The lowest BCUT2D eigenvalue weighted by molar-refractivity contribution is -0.179. The van der Waals surface area contributed by atoms with E-state index in [9.17, 15) is 9.90 Å². The molecular formula is C17H25N3O4. The Morgan fingerprint density at radius 1 is 1.29 bits per heavy atom. The molecule has 0 radical (unpaired) electrons. The third-order valence-electron chi connectivity index (χ3n) is 4.69. The summed E-state index contributed by atoms with van der Waals surface area (Å²) in [6.07, 6.45) is -1.53. The summed E-state index contributed by atoms with van der Waals surface area (Å²) in [7, 11) is 0. The number of aliphatic hydroxyl groups excluding tert-OH is 1. The summed E-state index contributed by atoms with van der Waals surface area (Å²) >= 11 is 0. The maximum Gasteiger partial charge on any atom is 0.319 e. The minimum absolute atomic E-state index is 0.291. The Labute approximate surface area is 141 Å². The van der Waals surface area contributed by atoms with Gasteiger partial charge in [0.05, 0.1) is 24.8 Å². The van der Waals surface area contributed by atoms with E-state index >= 15 is 0 Å². The quantitative estimate of drug-likeness (QED) is 0.748. The van der Waals surface area contributed by atoms with Crippen LogP contribution in [0.1, 0.15) is 13.8 Å². The molecule has 132 valence electrons. The predicted octanol–water partition coefficient (Wildman–Crippen LogP) is 1.00. The molecule has 24 heavy (non-hydrogen) atoms. The van der Waals surface area contributed by atoms with Crippen molar-refractivity contribution in [3.05, 3.63) is 30.3 Å². The number of urea groups is 1. The van der Waals surface area contributed by atoms with E-state index in [2.05, 4.69) is 15.5 Å². The summed E-state index contributed by atoms with van der Waals surface area (Å²) in [6, 6.07) is 8.02. The monoisotopic (exact) mass is 335 g/mol. The van der Waals surface area contributed by atoms with Gasteiger partial charge >= 0.3 is 6.03 Å². The fourth-order valence-electron chi connectivity index (χ4n) is 3.45. The van der Waals surface area contributed by atoms with Crippen LogP contribution in [0.3, 0.4) is 0 Å². The second-order valence-electron chi connectivity index (χ2n) is 6.07. The first-order valence-corrected chi connectivity index (χ1v) is 8.45. The molecule has 1 aromatic rings. The molecule has 2 heterocycles. The molecule has 2 aliphatic rings. The number of hydrogen-bond donors (Lipinski definition) is 3. The number of aliphatic hydroxyl groups is 1. The van der Waals surface area contributed by atoms with Crippen molar-refractivity contribution < 1.29 is 19.4 Å². The first-order valence-electron chi connectivity index (χ1n) is 8.45. The Morgan fingerprint density at radius 3 is 2.67 bits per heavy atom. The van der Waals surface area contributed by atoms with E-state index in [0.717, 1.165) is 13.1 Å². The average Bonchev–Trinajstić information content (AvgIpc) is 3.02. The summed E-state index contributed by atoms with van der Waals surface area (Å²) in [6.45, 7) is 5.98. The maximum atomic E-state index is 12.3. The zero-order valence-electron chi connectivity index (χ0n) is 14.0. The highest BCUT2D eigenvalue weighted by atomic mass is 16.7. The van der Waals surface area contributed by atoms with Gasteiger partial charge in [-0.05, 0) is 25.2 Å². The van der Waals surface area contributed by atoms with E-state index < -0.39 is 18.4 Å². The van der Waals surface area contributed by atoms with Gasteiger partial charge in [0.2, 0.25) is 0 Å². The highest BCUT2D eigenvalue weighted by Gasteiger charge is 2.52. The zero-order chi connectivity index (χ0) is 17.1. The van der Waals surface area contributed by atoms with Crippen molar-refractivity contribution in [3.8, 4) is 0 Å². The number of hydrogen-bond acceptors (Lipinski definition) is 5. The van der Waals surface area contributed by atoms with Crippen molar-refractivity contribution in [3.63, 3.8) is 0 Å². The molecule has 2 amide bonds. The molecule has 2 bridgehead atoms. The van der Waals surface area contributed by atoms with Gasteiger partial charge in [0.15, 0.2) is 6.29 Å². The summed E-state index contributed by atoms with van der Waals surface area (Å²) in [5.74, 6) is 0. The Morgan fingerprint density at radius 2 is 2.00 bits per heavy atom. The number of rotatable bonds is 5. The number of carbonyl (C=O) groups excluding carboxylic acids is 1. The van der Waals surface area contributed by atoms with Gasteiger partial charge in [-0.1, -0.05) is 32.0 Å². The van der Waals surface area contributed by atoms with E-state index in [1.165, 1.54) is 0 Å². The van der Waals surface area contributed by atoms with E-state index in [1.54, 1.807) is 12.1 Å². The number of ether oxygens (including phenoxy) is 2. The molecule has 7 heteroatoms. The van der Waals surface area contributed by atoms with Crippen molar-refractivity contribution in [1.82, 2.24) is 10.2 Å². The van der Waals surface area contributed by atoms with Crippen molar-refractivity contribution in [2.24, 2.45) is 0 Å². The number of fused-ring (bicyclic) bond motifs is 2. The second-order valence-corrected chi connectivity index (χ2v) is 6.07. The third-order valence-corrected chi connectivity index (χ3v) is 4.69. The molecule has 7 nitrogen and oxygen atoms in total. The molecule has 1 aromatic carbocycles. The van der Waals surface area contributed by atoms with Gasteiger partial charge < -0.3 is 25.2 Å². The van der Waals surface area contributed by atoms with Crippen molar-refractivity contribution in [1.29, 1.82) is 0 Å². The van der Waals surface area contributed by atoms with Crippen molar-refractivity contribution in [2.75, 3.05) is 25.0 Å². The molecule has 3 rings (SSSR count). The first-order chi connectivity index (χ1) is 11.6. The number of nitrogens with one attached hydrogen (secondary N) is 2. The van der Waals surface area contributed by atoms with Gasteiger partial charge in [0.1, 0.15) is 6.10 Å². The van der Waals surface area contributed by atoms with Gasteiger partial charge in [0, 0.05) is 5.69 Å². The molecule has 5 atom stereocenters. The summed E-state index contributed by atoms with van der Waals surface area (Å²) in [5.41, 5.74) is 0.696. The Kier molecular flexibility index (Phi) is 5.35. The standard InChI is InChI=1S/C17H25N3O4/c1-3-20(4-2)14-15(21)13(12-10-23-16(14)24-12)19-17(22)18-11-8-6-5-7-9-11/h5-9,12-16,21H,3-4,10H2,1-2H3,(H2,18,19,22)/t12-,13+,14-,15-,16+/m0/s1. The molecule has 0 saturated carbocycles. The topological polar surface area (TPSA) is 83.1 Å². The first kappa shape index (κ1) is 17.2.